The first kappa shape index (κ1) is 12.2. The molecule has 84 valence electrons. The molecule has 5 heteroatoms. The molecular formula is C10H12ClF2NO. The minimum absolute atomic E-state index is 0. The molecule has 1 aromatic carbocycles. The Labute approximate surface area is 92.8 Å². The summed E-state index contributed by atoms with van der Waals surface area (Å²) in [7, 11) is 0. The fraction of sp³-hybridized carbons (Fsp3) is 0.400. The fourth-order valence-electron chi connectivity index (χ4n) is 1.56. The molecule has 2 N–H and O–H groups in total. The van der Waals surface area contributed by atoms with E-state index in [1.54, 1.807) is 24.3 Å². The molecule has 1 aliphatic carbocycles. The predicted molar refractivity (Wildman–Crippen MR) is 55.7 cm³/mol. The van der Waals surface area contributed by atoms with Gasteiger partial charge in [-0.25, -0.2) is 0 Å². The maximum absolute atomic E-state index is 12.0. The first-order valence-electron chi connectivity index (χ1n) is 4.48. The van der Waals surface area contributed by atoms with Gasteiger partial charge in [-0.15, -0.1) is 12.4 Å². The van der Waals surface area contributed by atoms with Crippen molar-refractivity contribution in [2.75, 3.05) is 0 Å². The smallest absolute Gasteiger partial charge is 0.387 e. The van der Waals surface area contributed by atoms with Crippen LogP contribution < -0.4 is 10.5 Å². The van der Waals surface area contributed by atoms with Gasteiger partial charge in [0.15, 0.2) is 0 Å². The average molecular weight is 236 g/mol. The van der Waals surface area contributed by atoms with Gasteiger partial charge in [0.05, 0.1) is 0 Å². The Hall–Kier alpha value is -0.870. The van der Waals surface area contributed by atoms with E-state index in [9.17, 15) is 8.78 Å². The summed E-state index contributed by atoms with van der Waals surface area (Å²) in [5.74, 6) is 0.436. The number of benzene rings is 1. The minimum Gasteiger partial charge on any atom is -0.435 e. The summed E-state index contributed by atoms with van der Waals surface area (Å²) < 4.78 is 28.5. The van der Waals surface area contributed by atoms with Gasteiger partial charge in [0.1, 0.15) is 5.75 Å². The highest BCUT2D eigenvalue weighted by Gasteiger charge is 2.37. The lowest BCUT2D eigenvalue weighted by molar-refractivity contribution is -0.0504. The summed E-state index contributed by atoms with van der Waals surface area (Å²) in [6.07, 6.45) is 0.851. The normalized spacial score (nSPS) is 23.5. The third-order valence-electron chi connectivity index (χ3n) is 2.37. The highest BCUT2D eigenvalue weighted by atomic mass is 35.5. The second-order valence-corrected chi connectivity index (χ2v) is 3.42. The van der Waals surface area contributed by atoms with E-state index in [2.05, 4.69) is 4.74 Å². The van der Waals surface area contributed by atoms with Crippen molar-refractivity contribution < 1.29 is 13.5 Å². The molecule has 2 nitrogen and oxygen atoms in total. The van der Waals surface area contributed by atoms with Gasteiger partial charge in [0.25, 0.3) is 0 Å². The summed E-state index contributed by atoms with van der Waals surface area (Å²) in [5, 5.41) is 0. The number of rotatable bonds is 3. The summed E-state index contributed by atoms with van der Waals surface area (Å²) in [6, 6.07) is 6.91. The number of hydrogen-bond acceptors (Lipinski definition) is 2. The monoisotopic (exact) mass is 235 g/mol. The van der Waals surface area contributed by atoms with Crippen LogP contribution in [0.3, 0.4) is 0 Å². The van der Waals surface area contributed by atoms with Crippen LogP contribution in [-0.2, 0) is 0 Å². The van der Waals surface area contributed by atoms with Gasteiger partial charge in [0, 0.05) is 12.0 Å². The zero-order valence-corrected chi connectivity index (χ0v) is 8.71. The molecule has 0 radical (unpaired) electrons. The summed E-state index contributed by atoms with van der Waals surface area (Å²) in [5.41, 5.74) is 6.45. The van der Waals surface area contributed by atoms with Crippen LogP contribution in [0.15, 0.2) is 24.3 Å². The van der Waals surface area contributed by atoms with E-state index in [1.807, 2.05) is 0 Å². The van der Waals surface area contributed by atoms with E-state index in [-0.39, 0.29) is 30.1 Å². The van der Waals surface area contributed by atoms with Crippen molar-refractivity contribution >= 4 is 12.4 Å². The summed E-state index contributed by atoms with van der Waals surface area (Å²) in [6.45, 7) is -2.77. The second-order valence-electron chi connectivity index (χ2n) is 3.42. The second kappa shape index (κ2) is 4.77. The largest absolute Gasteiger partial charge is 0.435 e. The van der Waals surface area contributed by atoms with Crippen LogP contribution in [0.25, 0.3) is 0 Å². The molecule has 0 saturated heterocycles. The molecule has 0 spiro atoms. The van der Waals surface area contributed by atoms with Gasteiger partial charge in [0.2, 0.25) is 0 Å². The van der Waals surface area contributed by atoms with Crippen molar-refractivity contribution in [1.29, 1.82) is 0 Å². The molecule has 1 aliphatic rings. The van der Waals surface area contributed by atoms with Crippen LogP contribution in [0.1, 0.15) is 17.9 Å². The highest BCUT2D eigenvalue weighted by molar-refractivity contribution is 5.85. The standard InChI is InChI=1S/C10H11F2NO.ClH/c11-10(12)14-9-4-2-1-3-6(9)7-5-8(7)13;/h1-4,7-8,10H,5,13H2;1H/t7-,8+;/m0./s1. The van der Waals surface area contributed by atoms with E-state index >= 15 is 0 Å². The number of ether oxygens (including phenoxy) is 1. The van der Waals surface area contributed by atoms with Crippen molar-refractivity contribution in [2.45, 2.75) is 25.0 Å². The van der Waals surface area contributed by atoms with Gasteiger partial charge in [-0.2, -0.15) is 8.78 Å². The third kappa shape index (κ3) is 2.79. The van der Waals surface area contributed by atoms with Crippen LogP contribution in [0.5, 0.6) is 5.75 Å². The maximum atomic E-state index is 12.0. The molecule has 0 unspecified atom stereocenters. The molecule has 2 atom stereocenters. The molecule has 0 heterocycles. The lowest BCUT2D eigenvalue weighted by Crippen LogP contribution is -2.06. The topological polar surface area (TPSA) is 35.2 Å². The SMILES string of the molecule is Cl.N[C@@H]1C[C@H]1c1ccccc1OC(F)F. The molecular weight excluding hydrogens is 224 g/mol. The fourth-order valence-corrected chi connectivity index (χ4v) is 1.56. The quantitative estimate of drug-likeness (QED) is 0.874. The van der Waals surface area contributed by atoms with E-state index in [4.69, 9.17) is 5.73 Å². The van der Waals surface area contributed by atoms with Crippen LogP contribution in [0.2, 0.25) is 0 Å². The van der Waals surface area contributed by atoms with E-state index < -0.39 is 6.61 Å². The highest BCUT2D eigenvalue weighted by Crippen LogP contribution is 2.43. The zero-order valence-electron chi connectivity index (χ0n) is 7.90. The molecule has 15 heavy (non-hydrogen) atoms. The average Bonchev–Trinajstić information content (AvgIpc) is 2.82. The first-order chi connectivity index (χ1) is 6.68. The maximum Gasteiger partial charge on any atom is 0.387 e. The lowest BCUT2D eigenvalue weighted by atomic mass is 10.1. The van der Waals surface area contributed by atoms with E-state index in [0.717, 1.165) is 12.0 Å². The van der Waals surface area contributed by atoms with E-state index in [0.29, 0.717) is 0 Å². The van der Waals surface area contributed by atoms with Gasteiger partial charge >= 0.3 is 6.61 Å². The van der Waals surface area contributed by atoms with Crippen molar-refractivity contribution in [2.24, 2.45) is 5.73 Å². The molecule has 0 aromatic heterocycles. The Kier molecular flexibility index (Phi) is 3.88. The zero-order chi connectivity index (χ0) is 10.1. The Morgan fingerprint density at radius 3 is 2.47 bits per heavy atom. The van der Waals surface area contributed by atoms with Gasteiger partial charge in [-0.3, -0.25) is 0 Å². The Balaban J connectivity index is 0.00000112. The summed E-state index contributed by atoms with van der Waals surface area (Å²) >= 11 is 0. The molecule has 0 amide bonds. The van der Waals surface area contributed by atoms with Crippen LogP contribution >= 0.6 is 12.4 Å². The van der Waals surface area contributed by atoms with Crippen LogP contribution in [0.4, 0.5) is 8.78 Å². The minimum atomic E-state index is -2.77. The van der Waals surface area contributed by atoms with Crippen LogP contribution in [-0.4, -0.2) is 12.7 Å². The van der Waals surface area contributed by atoms with Crippen molar-refractivity contribution in [1.82, 2.24) is 0 Å². The van der Waals surface area contributed by atoms with Crippen molar-refractivity contribution in [3.63, 3.8) is 0 Å². The third-order valence-corrected chi connectivity index (χ3v) is 2.37. The molecule has 2 rings (SSSR count). The number of nitrogens with two attached hydrogens (primary N) is 1. The first-order valence-corrected chi connectivity index (χ1v) is 4.48. The van der Waals surface area contributed by atoms with Gasteiger partial charge in [-0.1, -0.05) is 18.2 Å². The van der Waals surface area contributed by atoms with Crippen molar-refractivity contribution in [3.05, 3.63) is 29.8 Å². The molecule has 1 aromatic rings. The summed E-state index contributed by atoms with van der Waals surface area (Å²) in [4.78, 5) is 0. The Morgan fingerprint density at radius 1 is 1.33 bits per heavy atom. The number of para-hydroxylation sites is 1. The number of hydrogen-bond donors (Lipinski definition) is 1. The predicted octanol–water partition coefficient (Wildman–Crippen LogP) is 2.52. The van der Waals surface area contributed by atoms with Crippen LogP contribution in [0, 0.1) is 0 Å². The Bertz CT molecular complexity index is 335. The van der Waals surface area contributed by atoms with Gasteiger partial charge < -0.3 is 10.5 Å². The van der Waals surface area contributed by atoms with Gasteiger partial charge in [-0.05, 0) is 18.1 Å². The number of alkyl halides is 2. The molecule has 0 aliphatic heterocycles. The Morgan fingerprint density at radius 2 is 1.93 bits per heavy atom. The molecule has 0 bridgehead atoms. The molecule has 1 saturated carbocycles. The van der Waals surface area contributed by atoms with Crippen molar-refractivity contribution in [3.8, 4) is 5.75 Å². The number of halogens is 3. The lowest BCUT2D eigenvalue weighted by Gasteiger charge is -2.09. The molecule has 1 fully saturated rings. The van der Waals surface area contributed by atoms with E-state index in [1.165, 1.54) is 0 Å².